The number of ether oxygens (including phenoxy) is 7. The van der Waals surface area contributed by atoms with Crippen molar-refractivity contribution in [1.82, 2.24) is 9.80 Å². The van der Waals surface area contributed by atoms with Gasteiger partial charge < -0.3 is 33.2 Å². The van der Waals surface area contributed by atoms with Crippen molar-refractivity contribution in [3.05, 3.63) is 12.7 Å². The Hall–Kier alpha value is -0.620. The lowest BCUT2D eigenvalue weighted by atomic mass is 10.4. The van der Waals surface area contributed by atoms with E-state index in [2.05, 4.69) is 16.4 Å². The second-order valence-corrected chi connectivity index (χ2v) is 7.23. The van der Waals surface area contributed by atoms with Crippen LogP contribution in [0.2, 0.25) is 0 Å². The molecule has 3 unspecified atom stereocenters. The molecule has 0 aromatic heterocycles. The number of fused-ring (bicyclic) bond motifs is 8. The van der Waals surface area contributed by atoms with Crippen LogP contribution in [0.1, 0.15) is 0 Å². The average molecular weight is 433 g/mol. The molecule has 0 amide bonds. The van der Waals surface area contributed by atoms with Gasteiger partial charge in [0.05, 0.1) is 86.0 Å². The standard InChI is InChI=1S/C21H40N2O7/c1-2-8-27-18-21-19-28-12-5-22-3-9-24-14-15-26-11-6-23(7-13-30-21)20-29-17-16-25-10-4-22/h2,21H,1,3-20H2. The molecule has 9 nitrogen and oxygen atoms in total. The van der Waals surface area contributed by atoms with Gasteiger partial charge in [-0.3, -0.25) is 9.80 Å². The van der Waals surface area contributed by atoms with Crippen LogP contribution >= 0.6 is 0 Å². The predicted octanol–water partition coefficient (Wildman–Crippen LogP) is 0.246. The van der Waals surface area contributed by atoms with Gasteiger partial charge in [0.25, 0.3) is 0 Å². The van der Waals surface area contributed by atoms with E-state index in [0.717, 1.165) is 32.7 Å². The summed E-state index contributed by atoms with van der Waals surface area (Å²) in [7, 11) is 0. The fraction of sp³-hybridized carbons (Fsp3) is 0.905. The smallest absolute Gasteiger partial charge is 0.104 e. The minimum Gasteiger partial charge on any atom is -0.378 e. The largest absolute Gasteiger partial charge is 0.378 e. The second-order valence-electron chi connectivity index (χ2n) is 7.23. The average Bonchev–Trinajstić information content (AvgIpc) is 2.75. The van der Waals surface area contributed by atoms with E-state index in [4.69, 9.17) is 33.2 Å². The third-order valence-corrected chi connectivity index (χ3v) is 4.83. The van der Waals surface area contributed by atoms with Crippen LogP contribution in [0.3, 0.4) is 0 Å². The first-order valence-corrected chi connectivity index (χ1v) is 11.0. The molecule has 2 aliphatic heterocycles. The molecule has 3 atom stereocenters. The zero-order valence-electron chi connectivity index (χ0n) is 18.3. The van der Waals surface area contributed by atoms with Crippen LogP contribution in [-0.4, -0.2) is 135 Å². The molecule has 0 aliphatic carbocycles. The van der Waals surface area contributed by atoms with E-state index in [9.17, 15) is 0 Å². The SMILES string of the molecule is C=CCOCC1COCCN2CCOCCOCCN(CCO1)COCCOCC2. The molecular formula is C21H40N2O7. The van der Waals surface area contributed by atoms with Gasteiger partial charge in [-0.25, -0.2) is 0 Å². The van der Waals surface area contributed by atoms with Gasteiger partial charge >= 0.3 is 0 Å². The molecule has 0 aromatic carbocycles. The maximum absolute atomic E-state index is 6.06. The van der Waals surface area contributed by atoms with Crippen molar-refractivity contribution in [3.8, 4) is 0 Å². The number of hydrogen-bond acceptors (Lipinski definition) is 9. The van der Waals surface area contributed by atoms with Crippen molar-refractivity contribution in [1.29, 1.82) is 0 Å². The maximum Gasteiger partial charge on any atom is 0.104 e. The summed E-state index contributed by atoms with van der Waals surface area (Å²) in [4.78, 5) is 4.48. The Labute approximate surface area is 181 Å². The Balaban J connectivity index is 1.96. The fourth-order valence-electron chi connectivity index (χ4n) is 3.08. The summed E-state index contributed by atoms with van der Waals surface area (Å²) in [5, 5.41) is 0. The highest BCUT2D eigenvalue weighted by atomic mass is 16.6. The fourth-order valence-corrected chi connectivity index (χ4v) is 3.08. The van der Waals surface area contributed by atoms with Crippen LogP contribution < -0.4 is 0 Å². The molecule has 0 N–H and O–H groups in total. The molecule has 0 spiro atoms. The third kappa shape index (κ3) is 12.9. The summed E-state index contributed by atoms with van der Waals surface area (Å²) in [5.41, 5.74) is 0. The van der Waals surface area contributed by atoms with Crippen molar-refractivity contribution in [2.24, 2.45) is 0 Å². The third-order valence-electron chi connectivity index (χ3n) is 4.83. The molecule has 9 heteroatoms. The normalized spacial score (nSPS) is 29.9. The van der Waals surface area contributed by atoms with Crippen molar-refractivity contribution >= 4 is 0 Å². The Kier molecular flexibility index (Phi) is 15.4. The first kappa shape index (κ1) is 25.6. The van der Waals surface area contributed by atoms with Crippen LogP contribution in [0.15, 0.2) is 12.7 Å². The van der Waals surface area contributed by atoms with Gasteiger partial charge in [-0.05, 0) is 0 Å². The van der Waals surface area contributed by atoms with Crippen molar-refractivity contribution in [2.75, 3.05) is 119 Å². The van der Waals surface area contributed by atoms with Gasteiger partial charge in [0.15, 0.2) is 0 Å². The highest BCUT2D eigenvalue weighted by Gasteiger charge is 2.14. The lowest BCUT2D eigenvalue weighted by Crippen LogP contribution is -2.37. The summed E-state index contributed by atoms with van der Waals surface area (Å²) in [5.74, 6) is 0. The van der Waals surface area contributed by atoms with E-state index in [1.54, 1.807) is 6.08 Å². The van der Waals surface area contributed by atoms with Crippen LogP contribution in [0, 0.1) is 0 Å². The van der Waals surface area contributed by atoms with Crippen LogP contribution in [0.5, 0.6) is 0 Å². The summed E-state index contributed by atoms with van der Waals surface area (Å²) in [6.07, 6.45) is 1.63. The van der Waals surface area contributed by atoms with Crippen molar-refractivity contribution in [3.63, 3.8) is 0 Å². The monoisotopic (exact) mass is 432 g/mol. The summed E-state index contributed by atoms with van der Waals surface area (Å²) < 4.78 is 40.5. The van der Waals surface area contributed by atoms with Gasteiger partial charge in [0.1, 0.15) is 6.10 Å². The summed E-state index contributed by atoms with van der Waals surface area (Å²) in [6.45, 7) is 15.2. The molecule has 176 valence electrons. The molecular weight excluding hydrogens is 392 g/mol. The van der Waals surface area contributed by atoms with Gasteiger partial charge in [-0.15, -0.1) is 6.58 Å². The molecule has 30 heavy (non-hydrogen) atoms. The van der Waals surface area contributed by atoms with E-state index >= 15 is 0 Å². The van der Waals surface area contributed by atoms with Crippen LogP contribution in [0.25, 0.3) is 0 Å². The highest BCUT2D eigenvalue weighted by molar-refractivity contribution is 4.66. The topological polar surface area (TPSA) is 71.1 Å². The van der Waals surface area contributed by atoms with Crippen LogP contribution in [0.4, 0.5) is 0 Å². The van der Waals surface area contributed by atoms with E-state index in [0.29, 0.717) is 86.0 Å². The van der Waals surface area contributed by atoms with E-state index < -0.39 is 0 Å². The predicted molar refractivity (Wildman–Crippen MR) is 113 cm³/mol. The summed E-state index contributed by atoms with van der Waals surface area (Å²) in [6, 6.07) is 0. The Morgan fingerprint density at radius 1 is 0.700 bits per heavy atom. The van der Waals surface area contributed by atoms with Gasteiger partial charge in [0, 0.05) is 32.7 Å². The highest BCUT2D eigenvalue weighted by Crippen LogP contribution is 2.01. The molecule has 2 saturated heterocycles. The van der Waals surface area contributed by atoms with Gasteiger partial charge in [-0.2, -0.15) is 0 Å². The second kappa shape index (κ2) is 18.0. The Morgan fingerprint density at radius 2 is 1.27 bits per heavy atom. The number of nitrogens with zero attached hydrogens (tertiary/aromatic N) is 2. The zero-order chi connectivity index (χ0) is 21.1. The zero-order valence-corrected chi connectivity index (χ0v) is 18.3. The van der Waals surface area contributed by atoms with E-state index in [1.807, 2.05) is 0 Å². The molecule has 2 heterocycles. The quantitative estimate of drug-likeness (QED) is 0.353. The van der Waals surface area contributed by atoms with E-state index in [-0.39, 0.29) is 6.10 Å². The molecule has 0 radical (unpaired) electrons. The molecule has 2 aliphatic rings. The first-order valence-electron chi connectivity index (χ1n) is 11.0. The van der Waals surface area contributed by atoms with Crippen molar-refractivity contribution in [2.45, 2.75) is 6.10 Å². The summed E-state index contributed by atoms with van der Waals surface area (Å²) >= 11 is 0. The molecule has 2 rings (SSSR count). The minimum atomic E-state index is -0.112. The molecule has 2 bridgehead atoms. The maximum atomic E-state index is 6.06. The molecule has 0 saturated carbocycles. The van der Waals surface area contributed by atoms with Crippen LogP contribution in [-0.2, 0) is 33.2 Å². The lowest BCUT2D eigenvalue weighted by molar-refractivity contribution is -0.0720. The van der Waals surface area contributed by atoms with E-state index in [1.165, 1.54) is 0 Å². The Morgan fingerprint density at radius 3 is 1.93 bits per heavy atom. The lowest BCUT2D eigenvalue weighted by Gasteiger charge is -2.25. The molecule has 2 fully saturated rings. The van der Waals surface area contributed by atoms with Gasteiger partial charge in [0.2, 0.25) is 0 Å². The van der Waals surface area contributed by atoms with Gasteiger partial charge in [-0.1, -0.05) is 6.08 Å². The Bertz CT molecular complexity index is 417. The number of rotatable bonds is 4. The number of hydrogen-bond donors (Lipinski definition) is 0. The minimum absolute atomic E-state index is 0.112. The first-order chi connectivity index (χ1) is 14.9. The van der Waals surface area contributed by atoms with Crippen molar-refractivity contribution < 1.29 is 33.2 Å². The molecule has 0 aromatic rings.